The number of nitrogens with two attached hydrogens (primary N) is 1. The van der Waals surface area contributed by atoms with Gasteiger partial charge in [0.25, 0.3) is 5.91 Å². The van der Waals surface area contributed by atoms with E-state index in [1.165, 1.54) is 0 Å². The summed E-state index contributed by atoms with van der Waals surface area (Å²) in [5.74, 6) is 2.37. The fraction of sp³-hybridized carbons (Fsp3) is 0.480. The maximum absolute atomic E-state index is 14.4. The van der Waals surface area contributed by atoms with E-state index >= 15 is 0 Å². The Hall–Kier alpha value is -6.30. The standard InChI is InChI=1S/C50H66N8O9/c1-33(2)26-40(45(60)50(5)31-67-50)54-48(63)42(28-36-14-10-7-11-15-36)56-47(62)41(27-34(3)4)55-46(61)39(21-16-35-12-8-6-9-13-35)53-44(59)30-58(22-24-65-25-23-58)32-66-49(64)38-19-17-37(18-20-38)43(29-51)57-52/h6-15,17-20,29,33-34,39-42H,16,21-28,30-32H2,1-5H3,(H6-,51,52,53,54,55,56,59,61,62,63,64)/p+1/t39-,40-,41-,42-,50+/m0/s1. The number of carbonyl (C=O) groups is 6. The van der Waals surface area contributed by atoms with E-state index in [4.69, 9.17) is 25.5 Å². The number of hydrazone groups is 1. The number of Topliss-reactive ketones (excluding diaryl/α,β-unsaturated/α-hetero) is 1. The van der Waals surface area contributed by atoms with Crippen molar-refractivity contribution in [3.63, 3.8) is 0 Å². The first-order valence-corrected chi connectivity index (χ1v) is 23.0. The van der Waals surface area contributed by atoms with Crippen molar-refractivity contribution in [2.75, 3.05) is 46.2 Å². The maximum Gasteiger partial charge on any atom is 0.342 e. The maximum atomic E-state index is 14.4. The molecule has 2 aliphatic rings. The van der Waals surface area contributed by atoms with Crippen LogP contribution in [-0.2, 0) is 51.0 Å². The summed E-state index contributed by atoms with van der Waals surface area (Å²) in [6.07, 6.45) is 2.37. The number of amides is 4. The molecule has 0 unspecified atom stereocenters. The fourth-order valence-electron chi connectivity index (χ4n) is 7.98. The molecule has 0 radical (unpaired) electrons. The molecule has 3 aromatic carbocycles. The Labute approximate surface area is 393 Å². The summed E-state index contributed by atoms with van der Waals surface area (Å²) < 4.78 is 16.9. The molecule has 5 rings (SSSR count). The molecule has 0 aliphatic carbocycles. The molecule has 17 nitrogen and oxygen atoms in total. The lowest BCUT2D eigenvalue weighted by atomic mass is 9.93. The number of hydrogen-bond donors (Lipinski definition) is 6. The van der Waals surface area contributed by atoms with Crippen LogP contribution in [-0.4, -0.2) is 128 Å². The van der Waals surface area contributed by atoms with Crippen molar-refractivity contribution >= 4 is 47.3 Å². The molecule has 7 N–H and O–H groups in total. The molecule has 2 fully saturated rings. The molecule has 67 heavy (non-hydrogen) atoms. The highest BCUT2D eigenvalue weighted by Crippen LogP contribution is 2.30. The molecule has 17 heteroatoms. The molecular formula is C50H67N8O9+. The van der Waals surface area contributed by atoms with E-state index in [1.807, 2.05) is 88.4 Å². The first kappa shape index (κ1) is 51.7. The molecule has 2 aliphatic heterocycles. The van der Waals surface area contributed by atoms with Crippen molar-refractivity contribution in [3.8, 4) is 0 Å². The smallest absolute Gasteiger partial charge is 0.342 e. The highest BCUT2D eigenvalue weighted by atomic mass is 16.6. The van der Waals surface area contributed by atoms with Crippen LogP contribution in [0.1, 0.15) is 80.9 Å². The first-order chi connectivity index (χ1) is 32.0. The highest BCUT2D eigenvalue weighted by Gasteiger charge is 2.50. The molecule has 2 heterocycles. The average Bonchev–Trinajstić information content (AvgIpc) is 4.07. The minimum absolute atomic E-state index is 0.0552. The molecule has 360 valence electrons. The van der Waals surface area contributed by atoms with Crippen molar-refractivity contribution < 1.29 is 47.5 Å². The molecule has 0 aromatic heterocycles. The van der Waals surface area contributed by atoms with E-state index in [-0.39, 0.29) is 72.5 Å². The second-order valence-corrected chi connectivity index (χ2v) is 18.5. The average molecular weight is 924 g/mol. The number of morpholine rings is 1. The van der Waals surface area contributed by atoms with E-state index in [9.17, 15) is 28.8 Å². The van der Waals surface area contributed by atoms with E-state index in [2.05, 4.69) is 26.4 Å². The number of ketones is 1. The Balaban J connectivity index is 1.32. The summed E-state index contributed by atoms with van der Waals surface area (Å²) in [6.45, 7) is 10.8. The van der Waals surface area contributed by atoms with Gasteiger partial charge in [-0.2, -0.15) is 5.10 Å². The number of benzene rings is 3. The number of esters is 1. The van der Waals surface area contributed by atoms with E-state index in [0.717, 1.165) is 17.3 Å². The van der Waals surface area contributed by atoms with Gasteiger partial charge in [0.2, 0.25) is 24.5 Å². The Morgan fingerprint density at radius 1 is 0.746 bits per heavy atom. The van der Waals surface area contributed by atoms with Crippen LogP contribution in [0.5, 0.6) is 0 Å². The van der Waals surface area contributed by atoms with Gasteiger partial charge in [-0.15, -0.1) is 0 Å². The minimum atomic E-state index is -1.10. The largest absolute Gasteiger partial charge is 0.411 e. The highest BCUT2D eigenvalue weighted by molar-refractivity contribution is 6.37. The normalized spacial score (nSPS) is 18.4. The van der Waals surface area contributed by atoms with Crippen molar-refractivity contribution in [3.05, 3.63) is 107 Å². The van der Waals surface area contributed by atoms with Crippen LogP contribution in [0.25, 0.3) is 0 Å². The summed E-state index contributed by atoms with van der Waals surface area (Å²) in [6, 6.07) is 20.9. The summed E-state index contributed by atoms with van der Waals surface area (Å²) in [5.41, 5.74) is 1.81. The Morgan fingerprint density at radius 2 is 1.27 bits per heavy atom. The number of epoxide rings is 1. The quantitative estimate of drug-likeness (QED) is 0.0181. The fourth-order valence-corrected chi connectivity index (χ4v) is 7.98. The summed E-state index contributed by atoms with van der Waals surface area (Å²) in [4.78, 5) is 83.7. The number of aryl methyl sites for hydroxylation is 1. The van der Waals surface area contributed by atoms with Gasteiger partial charge in [0.15, 0.2) is 12.3 Å². The third-order valence-electron chi connectivity index (χ3n) is 12.0. The number of nitrogens with one attached hydrogen (secondary N) is 5. The monoisotopic (exact) mass is 924 g/mol. The zero-order chi connectivity index (χ0) is 48.6. The van der Waals surface area contributed by atoms with Crippen molar-refractivity contribution in [1.29, 1.82) is 5.41 Å². The van der Waals surface area contributed by atoms with Gasteiger partial charge in [0.05, 0.1) is 31.4 Å². The summed E-state index contributed by atoms with van der Waals surface area (Å²) >= 11 is 0. The molecule has 4 amide bonds. The zero-order valence-electron chi connectivity index (χ0n) is 39.3. The Kier molecular flexibility index (Phi) is 18.9. The first-order valence-electron chi connectivity index (χ1n) is 23.0. The van der Waals surface area contributed by atoms with Crippen molar-refractivity contribution in [1.82, 2.24) is 21.3 Å². The van der Waals surface area contributed by atoms with Gasteiger partial charge in [-0.25, -0.2) is 4.79 Å². The Morgan fingerprint density at radius 3 is 1.84 bits per heavy atom. The lowest BCUT2D eigenvalue weighted by Crippen LogP contribution is -2.62. The summed E-state index contributed by atoms with van der Waals surface area (Å²) in [5, 5.41) is 22.7. The SMILES string of the molecule is CC(C)C[C@H](NC(=O)[C@H](CCc1ccccc1)NC(=O)C[N+]1(COC(=O)c2ccc(C(C=N)=NN)cc2)CCOCC1)C(=O)N[C@@H](Cc1ccccc1)C(=O)N[C@@H](CC(C)C)C(=O)[C@@]1(C)CO1. The van der Waals surface area contributed by atoms with Crippen LogP contribution in [0, 0.1) is 17.2 Å². The molecule has 0 spiro atoms. The number of ether oxygens (including phenoxy) is 3. The Bertz CT molecular complexity index is 2190. The van der Waals surface area contributed by atoms with E-state index in [1.54, 1.807) is 31.2 Å². The third-order valence-corrected chi connectivity index (χ3v) is 12.0. The predicted molar refractivity (Wildman–Crippen MR) is 253 cm³/mol. The predicted octanol–water partition coefficient (Wildman–Crippen LogP) is 3.23. The minimum Gasteiger partial charge on any atom is -0.411 e. The van der Waals surface area contributed by atoms with Crippen molar-refractivity contribution in [2.45, 2.75) is 96.5 Å². The van der Waals surface area contributed by atoms with Crippen LogP contribution in [0.4, 0.5) is 0 Å². The van der Waals surface area contributed by atoms with E-state index < -0.39 is 59.4 Å². The molecule has 0 saturated carbocycles. The lowest BCUT2D eigenvalue weighted by molar-refractivity contribution is -0.943. The molecule has 5 atom stereocenters. The van der Waals surface area contributed by atoms with Crippen LogP contribution >= 0.6 is 0 Å². The number of nitrogens with zero attached hydrogens (tertiary/aromatic N) is 2. The number of quaternary nitrogens is 1. The number of rotatable bonds is 25. The second kappa shape index (κ2) is 24.5. The van der Waals surface area contributed by atoms with Gasteiger partial charge in [-0.05, 0) is 67.7 Å². The van der Waals surface area contributed by atoms with Gasteiger partial charge >= 0.3 is 5.97 Å². The van der Waals surface area contributed by atoms with Gasteiger partial charge in [-0.3, -0.25) is 28.5 Å². The molecule has 2 saturated heterocycles. The zero-order valence-corrected chi connectivity index (χ0v) is 39.3. The van der Waals surface area contributed by atoms with Crippen LogP contribution in [0.2, 0.25) is 0 Å². The lowest BCUT2D eigenvalue weighted by Gasteiger charge is -2.39. The van der Waals surface area contributed by atoms with Gasteiger partial charge < -0.3 is 46.7 Å². The third kappa shape index (κ3) is 15.6. The number of hydrogen-bond acceptors (Lipinski definition) is 12. The summed E-state index contributed by atoms with van der Waals surface area (Å²) in [7, 11) is 0. The second-order valence-electron chi connectivity index (χ2n) is 18.5. The van der Waals surface area contributed by atoms with Crippen LogP contribution in [0.15, 0.2) is 90.0 Å². The topological polar surface area (TPSA) is 244 Å². The number of carbonyl (C=O) groups excluding carboxylic acids is 6. The molecular weight excluding hydrogens is 857 g/mol. The molecule has 0 bridgehead atoms. The van der Waals surface area contributed by atoms with Crippen molar-refractivity contribution in [2.24, 2.45) is 22.8 Å². The van der Waals surface area contributed by atoms with Gasteiger partial charge in [-0.1, -0.05) is 100 Å². The van der Waals surface area contributed by atoms with Crippen LogP contribution < -0.4 is 27.1 Å². The van der Waals surface area contributed by atoms with Crippen LogP contribution in [0.3, 0.4) is 0 Å². The molecule has 3 aromatic rings. The van der Waals surface area contributed by atoms with Gasteiger partial charge in [0.1, 0.15) is 42.5 Å². The van der Waals surface area contributed by atoms with Gasteiger partial charge in [0, 0.05) is 18.2 Å². The van der Waals surface area contributed by atoms with E-state index in [0.29, 0.717) is 44.7 Å².